The van der Waals surface area contributed by atoms with Gasteiger partial charge in [0.15, 0.2) is 0 Å². The van der Waals surface area contributed by atoms with Gasteiger partial charge in [-0.25, -0.2) is 4.39 Å². The largest absolute Gasteiger partial charge is 0.481 e. The maximum atomic E-state index is 13.5. The van der Waals surface area contributed by atoms with Gasteiger partial charge in [-0.15, -0.1) is 0 Å². The minimum absolute atomic E-state index is 0.145. The average Bonchev–Trinajstić information content (AvgIpc) is 2.85. The Morgan fingerprint density at radius 3 is 2.55 bits per heavy atom. The number of rotatable bonds is 4. The quantitative estimate of drug-likeness (QED) is 0.759. The Labute approximate surface area is 127 Å². The number of aliphatic carboxylic acids is 1. The molecule has 3 nitrogen and oxygen atoms in total. The van der Waals surface area contributed by atoms with Gasteiger partial charge in [0.1, 0.15) is 5.82 Å². The van der Waals surface area contributed by atoms with E-state index in [2.05, 4.69) is 11.9 Å². The third-order valence-corrected chi connectivity index (χ3v) is 3.85. The molecule has 3 aromatic rings. The highest BCUT2D eigenvalue weighted by atomic mass is 19.1. The van der Waals surface area contributed by atoms with Crippen LogP contribution >= 0.6 is 0 Å². The van der Waals surface area contributed by atoms with E-state index in [1.54, 1.807) is 6.07 Å². The van der Waals surface area contributed by atoms with E-state index in [-0.39, 0.29) is 12.2 Å². The lowest BCUT2D eigenvalue weighted by atomic mass is 10.0. The van der Waals surface area contributed by atoms with Crippen molar-refractivity contribution in [2.45, 2.75) is 19.8 Å². The van der Waals surface area contributed by atoms with Crippen molar-refractivity contribution in [3.63, 3.8) is 0 Å². The minimum atomic E-state index is -0.934. The van der Waals surface area contributed by atoms with E-state index in [0.29, 0.717) is 10.9 Å². The second kappa shape index (κ2) is 5.64. The first-order valence-electron chi connectivity index (χ1n) is 7.19. The molecule has 2 aromatic carbocycles. The molecule has 0 aliphatic rings. The summed E-state index contributed by atoms with van der Waals surface area (Å²) in [5.41, 5.74) is 4.22. The molecule has 0 amide bonds. The van der Waals surface area contributed by atoms with Crippen LogP contribution in [-0.2, 0) is 17.6 Å². The van der Waals surface area contributed by atoms with Crippen molar-refractivity contribution in [1.29, 1.82) is 0 Å². The lowest BCUT2D eigenvalue weighted by Crippen LogP contribution is -2.01. The molecular weight excluding hydrogens is 281 g/mol. The first-order chi connectivity index (χ1) is 10.6. The summed E-state index contributed by atoms with van der Waals surface area (Å²) in [6.07, 6.45) is 0.800. The molecular formula is C18H16FNO2. The number of hydrogen-bond acceptors (Lipinski definition) is 1. The van der Waals surface area contributed by atoms with Gasteiger partial charge in [0, 0.05) is 10.9 Å². The predicted molar refractivity (Wildman–Crippen MR) is 84.4 cm³/mol. The van der Waals surface area contributed by atoms with E-state index in [9.17, 15) is 9.18 Å². The van der Waals surface area contributed by atoms with Crippen LogP contribution in [0.3, 0.4) is 0 Å². The van der Waals surface area contributed by atoms with Crippen molar-refractivity contribution in [3.8, 4) is 11.3 Å². The van der Waals surface area contributed by atoms with Gasteiger partial charge >= 0.3 is 5.97 Å². The van der Waals surface area contributed by atoms with Crippen LogP contribution in [-0.4, -0.2) is 16.1 Å². The van der Waals surface area contributed by atoms with E-state index in [4.69, 9.17) is 5.11 Å². The fourth-order valence-corrected chi connectivity index (χ4v) is 2.71. The highest BCUT2D eigenvalue weighted by Crippen LogP contribution is 2.31. The molecule has 0 aliphatic heterocycles. The van der Waals surface area contributed by atoms with Crippen LogP contribution in [0, 0.1) is 5.82 Å². The zero-order chi connectivity index (χ0) is 15.7. The molecule has 0 atom stereocenters. The number of aryl methyl sites for hydroxylation is 1. The number of carboxylic acids is 1. The third kappa shape index (κ3) is 2.60. The number of aromatic nitrogens is 1. The fraction of sp³-hybridized carbons (Fsp3) is 0.167. The monoisotopic (exact) mass is 297 g/mol. The van der Waals surface area contributed by atoms with Gasteiger partial charge in [0.25, 0.3) is 0 Å². The van der Waals surface area contributed by atoms with Crippen LogP contribution in [0.25, 0.3) is 22.2 Å². The highest BCUT2D eigenvalue weighted by Gasteiger charge is 2.16. The number of benzene rings is 2. The predicted octanol–water partition coefficient (Wildman–Crippen LogP) is 4.16. The molecule has 3 rings (SSSR count). The van der Waals surface area contributed by atoms with E-state index in [1.165, 1.54) is 17.7 Å². The lowest BCUT2D eigenvalue weighted by molar-refractivity contribution is -0.136. The van der Waals surface area contributed by atoms with Gasteiger partial charge in [0.2, 0.25) is 0 Å². The number of carbonyl (C=O) groups is 1. The highest BCUT2D eigenvalue weighted by molar-refractivity contribution is 5.94. The smallest absolute Gasteiger partial charge is 0.307 e. The number of halogens is 1. The SMILES string of the molecule is CCc1ccc(-c2[nH]c3ccc(F)cc3c2CC(=O)O)cc1. The molecule has 0 unspecified atom stereocenters. The summed E-state index contributed by atoms with van der Waals surface area (Å²) in [7, 11) is 0. The molecule has 1 aromatic heterocycles. The lowest BCUT2D eigenvalue weighted by Gasteiger charge is -2.04. The summed E-state index contributed by atoms with van der Waals surface area (Å²) < 4.78 is 13.5. The number of aromatic amines is 1. The fourth-order valence-electron chi connectivity index (χ4n) is 2.71. The van der Waals surface area contributed by atoms with Crippen molar-refractivity contribution >= 4 is 16.9 Å². The summed E-state index contributed by atoms with van der Waals surface area (Å²) in [6.45, 7) is 2.08. The summed E-state index contributed by atoms with van der Waals surface area (Å²) in [5.74, 6) is -1.30. The van der Waals surface area contributed by atoms with E-state index >= 15 is 0 Å². The Hall–Kier alpha value is -2.62. The molecule has 1 heterocycles. The van der Waals surface area contributed by atoms with Crippen LogP contribution in [0.15, 0.2) is 42.5 Å². The van der Waals surface area contributed by atoms with E-state index in [1.807, 2.05) is 24.3 Å². The van der Waals surface area contributed by atoms with Gasteiger partial charge < -0.3 is 10.1 Å². The van der Waals surface area contributed by atoms with Crippen molar-refractivity contribution in [3.05, 3.63) is 59.4 Å². The summed E-state index contributed by atoms with van der Waals surface area (Å²) in [6, 6.07) is 12.4. The van der Waals surface area contributed by atoms with Crippen LogP contribution in [0.4, 0.5) is 4.39 Å². The maximum Gasteiger partial charge on any atom is 0.307 e. The topological polar surface area (TPSA) is 53.1 Å². The molecule has 2 N–H and O–H groups in total. The Balaban J connectivity index is 2.20. The van der Waals surface area contributed by atoms with Gasteiger partial charge in [-0.3, -0.25) is 4.79 Å². The first-order valence-corrected chi connectivity index (χ1v) is 7.19. The normalized spacial score (nSPS) is 11.0. The van der Waals surface area contributed by atoms with Crippen LogP contribution in [0.1, 0.15) is 18.1 Å². The Bertz CT molecular complexity index is 834. The number of H-pyrrole nitrogens is 1. The van der Waals surface area contributed by atoms with E-state index in [0.717, 1.165) is 23.2 Å². The van der Waals surface area contributed by atoms with Crippen molar-refractivity contribution in [1.82, 2.24) is 4.98 Å². The minimum Gasteiger partial charge on any atom is -0.481 e. The summed E-state index contributed by atoms with van der Waals surface area (Å²) >= 11 is 0. The second-order valence-corrected chi connectivity index (χ2v) is 5.29. The molecule has 0 saturated heterocycles. The Morgan fingerprint density at radius 1 is 1.18 bits per heavy atom. The standard InChI is InChI=1S/C18H16FNO2/c1-2-11-3-5-12(6-4-11)18-15(10-17(21)22)14-9-13(19)7-8-16(14)20-18/h3-9,20H,2,10H2,1H3,(H,21,22). The molecule has 0 fully saturated rings. The van der Waals surface area contributed by atoms with Gasteiger partial charge in [-0.1, -0.05) is 31.2 Å². The molecule has 0 saturated carbocycles. The zero-order valence-corrected chi connectivity index (χ0v) is 12.2. The van der Waals surface area contributed by atoms with Crippen molar-refractivity contribution in [2.24, 2.45) is 0 Å². The van der Waals surface area contributed by atoms with Crippen LogP contribution in [0.2, 0.25) is 0 Å². The van der Waals surface area contributed by atoms with Crippen molar-refractivity contribution in [2.75, 3.05) is 0 Å². The maximum absolute atomic E-state index is 13.5. The zero-order valence-electron chi connectivity index (χ0n) is 12.2. The molecule has 0 bridgehead atoms. The number of fused-ring (bicyclic) bond motifs is 1. The molecule has 112 valence electrons. The van der Waals surface area contributed by atoms with Crippen LogP contribution < -0.4 is 0 Å². The molecule has 4 heteroatoms. The van der Waals surface area contributed by atoms with Gasteiger partial charge in [0.05, 0.1) is 12.1 Å². The number of carboxylic acid groups (broad SMARTS) is 1. The van der Waals surface area contributed by atoms with Gasteiger partial charge in [-0.2, -0.15) is 0 Å². The van der Waals surface area contributed by atoms with Crippen LogP contribution in [0.5, 0.6) is 0 Å². The first kappa shape index (κ1) is 14.3. The van der Waals surface area contributed by atoms with Crippen molar-refractivity contribution < 1.29 is 14.3 Å². The third-order valence-electron chi connectivity index (χ3n) is 3.85. The summed E-state index contributed by atoms with van der Waals surface area (Å²) in [4.78, 5) is 14.4. The Morgan fingerprint density at radius 2 is 1.91 bits per heavy atom. The average molecular weight is 297 g/mol. The number of nitrogens with one attached hydrogen (secondary N) is 1. The second-order valence-electron chi connectivity index (χ2n) is 5.29. The van der Waals surface area contributed by atoms with Gasteiger partial charge in [-0.05, 0) is 41.3 Å². The molecule has 0 radical (unpaired) electrons. The molecule has 0 aliphatic carbocycles. The molecule has 0 spiro atoms. The summed E-state index contributed by atoms with van der Waals surface area (Å²) in [5, 5.41) is 9.78. The van der Waals surface area contributed by atoms with E-state index < -0.39 is 5.97 Å². The Kier molecular flexibility index (Phi) is 3.67. The number of hydrogen-bond donors (Lipinski definition) is 2. The molecule has 22 heavy (non-hydrogen) atoms.